The van der Waals surface area contributed by atoms with Crippen molar-refractivity contribution in [2.24, 2.45) is 11.8 Å². The monoisotopic (exact) mass is 315 g/mol. The Labute approximate surface area is 133 Å². The fourth-order valence-corrected chi connectivity index (χ4v) is 4.99. The molecule has 5 heteroatoms. The van der Waals surface area contributed by atoms with E-state index in [4.69, 9.17) is 16.6 Å². The van der Waals surface area contributed by atoms with Gasteiger partial charge in [-0.2, -0.15) is 0 Å². The van der Waals surface area contributed by atoms with E-state index in [0.717, 1.165) is 36.4 Å². The summed E-state index contributed by atoms with van der Waals surface area (Å²) in [5, 5.41) is 1.22. The van der Waals surface area contributed by atoms with Crippen molar-refractivity contribution in [3.63, 3.8) is 0 Å². The van der Waals surface area contributed by atoms with Gasteiger partial charge in [-0.05, 0) is 49.3 Å². The van der Waals surface area contributed by atoms with Crippen LogP contribution in [-0.4, -0.2) is 22.1 Å². The SMILES string of the molecule is O=c1c2cc(Cl)ccc2nc2n1CCN2C1CC2CCC1C2. The van der Waals surface area contributed by atoms with Gasteiger partial charge in [0.15, 0.2) is 0 Å². The molecule has 0 N–H and O–H groups in total. The summed E-state index contributed by atoms with van der Waals surface area (Å²) < 4.78 is 1.84. The van der Waals surface area contributed by atoms with Crippen molar-refractivity contribution >= 4 is 28.5 Å². The Kier molecular flexibility index (Phi) is 2.63. The predicted octanol–water partition coefficient (Wildman–Crippen LogP) is 3.06. The zero-order valence-corrected chi connectivity index (χ0v) is 13.1. The van der Waals surface area contributed by atoms with Crippen LogP contribution in [0.2, 0.25) is 5.02 Å². The number of hydrogen-bond donors (Lipinski definition) is 0. The van der Waals surface area contributed by atoms with Crippen molar-refractivity contribution in [3.8, 4) is 0 Å². The van der Waals surface area contributed by atoms with Gasteiger partial charge in [-0.25, -0.2) is 4.98 Å². The molecule has 2 saturated carbocycles. The molecule has 2 aromatic rings. The van der Waals surface area contributed by atoms with Crippen LogP contribution < -0.4 is 10.5 Å². The molecule has 2 fully saturated rings. The second-order valence-corrected chi connectivity index (χ2v) is 7.40. The van der Waals surface area contributed by atoms with Gasteiger partial charge >= 0.3 is 0 Å². The third-order valence-corrected chi connectivity index (χ3v) is 6.05. The molecule has 2 aliphatic carbocycles. The smallest absolute Gasteiger partial charge is 0.262 e. The minimum absolute atomic E-state index is 0.0492. The Morgan fingerprint density at radius 2 is 2.09 bits per heavy atom. The second-order valence-electron chi connectivity index (χ2n) is 6.97. The van der Waals surface area contributed by atoms with E-state index in [1.54, 1.807) is 6.07 Å². The lowest BCUT2D eigenvalue weighted by Gasteiger charge is -2.31. The zero-order valence-electron chi connectivity index (χ0n) is 12.3. The van der Waals surface area contributed by atoms with Crippen LogP contribution in [0.15, 0.2) is 23.0 Å². The summed E-state index contributed by atoms with van der Waals surface area (Å²) in [6, 6.07) is 5.99. The van der Waals surface area contributed by atoms with Gasteiger partial charge in [-0.15, -0.1) is 0 Å². The lowest BCUT2D eigenvalue weighted by molar-refractivity contribution is 0.396. The lowest BCUT2D eigenvalue weighted by atomic mass is 9.94. The van der Waals surface area contributed by atoms with E-state index >= 15 is 0 Å². The van der Waals surface area contributed by atoms with Gasteiger partial charge in [-0.3, -0.25) is 9.36 Å². The molecule has 3 aliphatic rings. The van der Waals surface area contributed by atoms with Gasteiger partial charge in [0.25, 0.3) is 5.56 Å². The Morgan fingerprint density at radius 1 is 1.18 bits per heavy atom. The molecule has 4 nitrogen and oxygen atoms in total. The number of fused-ring (bicyclic) bond motifs is 4. The van der Waals surface area contributed by atoms with E-state index in [9.17, 15) is 4.79 Å². The van der Waals surface area contributed by atoms with Gasteiger partial charge in [0.1, 0.15) is 0 Å². The first kappa shape index (κ1) is 12.9. The molecule has 1 aliphatic heterocycles. The van der Waals surface area contributed by atoms with E-state index in [1.807, 2.05) is 16.7 Å². The van der Waals surface area contributed by atoms with E-state index in [2.05, 4.69) is 4.90 Å². The minimum Gasteiger partial charge on any atom is -0.337 e. The summed E-state index contributed by atoms with van der Waals surface area (Å²) in [7, 11) is 0. The molecule has 2 heterocycles. The van der Waals surface area contributed by atoms with Crippen LogP contribution in [-0.2, 0) is 6.54 Å². The maximum atomic E-state index is 12.7. The van der Waals surface area contributed by atoms with Crippen molar-refractivity contribution < 1.29 is 0 Å². The molecular formula is C17H18ClN3O. The first-order valence-corrected chi connectivity index (χ1v) is 8.55. The maximum Gasteiger partial charge on any atom is 0.262 e. The van der Waals surface area contributed by atoms with E-state index in [1.165, 1.54) is 25.7 Å². The van der Waals surface area contributed by atoms with Crippen LogP contribution in [0, 0.1) is 11.8 Å². The molecule has 3 atom stereocenters. The van der Waals surface area contributed by atoms with Gasteiger partial charge in [0, 0.05) is 24.2 Å². The fraction of sp³-hybridized carbons (Fsp3) is 0.529. The summed E-state index contributed by atoms with van der Waals surface area (Å²) in [5.41, 5.74) is 0.809. The summed E-state index contributed by atoms with van der Waals surface area (Å²) in [4.78, 5) is 19.9. The Morgan fingerprint density at radius 3 is 2.86 bits per heavy atom. The first-order chi connectivity index (χ1) is 10.7. The van der Waals surface area contributed by atoms with Gasteiger partial charge in [0.05, 0.1) is 10.9 Å². The average molecular weight is 316 g/mol. The van der Waals surface area contributed by atoms with E-state index in [-0.39, 0.29) is 5.56 Å². The third-order valence-electron chi connectivity index (χ3n) is 5.82. The van der Waals surface area contributed by atoms with Gasteiger partial charge in [0.2, 0.25) is 5.95 Å². The highest BCUT2D eigenvalue weighted by Gasteiger charge is 2.44. The number of nitrogens with zero attached hydrogens (tertiary/aromatic N) is 3. The van der Waals surface area contributed by atoms with Gasteiger partial charge in [-0.1, -0.05) is 18.0 Å². The summed E-state index contributed by atoms with van der Waals surface area (Å²) in [6.07, 6.45) is 5.39. The fourth-order valence-electron chi connectivity index (χ4n) is 4.82. The summed E-state index contributed by atoms with van der Waals surface area (Å²) >= 11 is 6.03. The molecule has 114 valence electrons. The number of halogens is 1. The highest BCUT2D eigenvalue weighted by Crippen LogP contribution is 2.47. The molecule has 0 spiro atoms. The quantitative estimate of drug-likeness (QED) is 0.812. The molecule has 0 saturated heterocycles. The summed E-state index contributed by atoms with van der Waals surface area (Å²) in [6.45, 7) is 1.66. The van der Waals surface area contributed by atoms with Crippen LogP contribution in [0.25, 0.3) is 10.9 Å². The van der Waals surface area contributed by atoms with E-state index in [0.29, 0.717) is 16.5 Å². The highest BCUT2D eigenvalue weighted by atomic mass is 35.5. The molecule has 3 unspecified atom stereocenters. The lowest BCUT2D eigenvalue weighted by Crippen LogP contribution is -2.38. The zero-order chi connectivity index (χ0) is 14.8. The molecule has 5 rings (SSSR count). The molecule has 22 heavy (non-hydrogen) atoms. The van der Waals surface area contributed by atoms with Crippen LogP contribution in [0.4, 0.5) is 5.95 Å². The molecular weight excluding hydrogens is 298 g/mol. The average Bonchev–Trinajstić information content (AvgIpc) is 3.22. The minimum atomic E-state index is 0.0492. The van der Waals surface area contributed by atoms with Crippen LogP contribution in [0.1, 0.15) is 25.7 Å². The Bertz CT molecular complexity index is 830. The Balaban J connectivity index is 1.64. The van der Waals surface area contributed by atoms with Crippen molar-refractivity contribution in [2.75, 3.05) is 11.4 Å². The molecule has 1 aromatic carbocycles. The normalized spacial score (nSPS) is 29.5. The van der Waals surface area contributed by atoms with Gasteiger partial charge < -0.3 is 4.90 Å². The maximum absolute atomic E-state index is 12.7. The Hall–Kier alpha value is -1.55. The topological polar surface area (TPSA) is 38.1 Å². The first-order valence-electron chi connectivity index (χ1n) is 8.17. The second kappa shape index (κ2) is 4.48. The third kappa shape index (κ3) is 1.70. The molecule has 1 aromatic heterocycles. The number of anilines is 1. The summed E-state index contributed by atoms with van der Waals surface area (Å²) in [5.74, 6) is 2.57. The molecule has 0 amide bonds. The predicted molar refractivity (Wildman–Crippen MR) is 87.6 cm³/mol. The van der Waals surface area contributed by atoms with Crippen LogP contribution in [0.5, 0.6) is 0 Å². The van der Waals surface area contributed by atoms with E-state index < -0.39 is 0 Å². The number of aromatic nitrogens is 2. The van der Waals surface area contributed by atoms with Crippen molar-refractivity contribution in [1.29, 1.82) is 0 Å². The largest absolute Gasteiger partial charge is 0.337 e. The number of benzene rings is 1. The highest BCUT2D eigenvalue weighted by molar-refractivity contribution is 6.31. The van der Waals surface area contributed by atoms with Crippen molar-refractivity contribution in [2.45, 2.75) is 38.3 Å². The van der Waals surface area contributed by atoms with Crippen LogP contribution in [0.3, 0.4) is 0 Å². The van der Waals surface area contributed by atoms with Crippen LogP contribution >= 0.6 is 11.6 Å². The molecule has 0 radical (unpaired) electrons. The number of hydrogen-bond acceptors (Lipinski definition) is 3. The van der Waals surface area contributed by atoms with Crippen molar-refractivity contribution in [1.82, 2.24) is 9.55 Å². The standard InChI is InChI=1S/C17H18ClN3O/c18-12-3-4-14-13(9-12)16(22)21-6-5-20(17(21)19-14)15-8-10-1-2-11(15)7-10/h3-4,9-11,15H,1-2,5-8H2. The molecule has 2 bridgehead atoms. The number of rotatable bonds is 1. The van der Waals surface area contributed by atoms with Crippen molar-refractivity contribution in [3.05, 3.63) is 33.6 Å².